The van der Waals surface area contributed by atoms with Crippen molar-refractivity contribution in [2.24, 2.45) is 0 Å². The van der Waals surface area contributed by atoms with Gasteiger partial charge in [0, 0.05) is 5.56 Å². The molecular formula is C9H7ClF2. The molecular weight excluding hydrogens is 182 g/mol. The molecule has 0 bridgehead atoms. The zero-order chi connectivity index (χ0) is 9.14. The van der Waals surface area contributed by atoms with Crippen LogP contribution in [0.3, 0.4) is 0 Å². The zero-order valence-corrected chi connectivity index (χ0v) is 7.20. The molecule has 0 amide bonds. The molecule has 0 aliphatic rings. The first-order valence-electron chi connectivity index (χ1n) is 3.43. The number of halogens is 3. The average Bonchev–Trinajstić information content (AvgIpc) is 2.06. The van der Waals surface area contributed by atoms with Crippen LogP contribution in [-0.2, 0) is 0 Å². The second-order valence-corrected chi connectivity index (χ2v) is 2.66. The first-order chi connectivity index (χ1) is 5.66. The molecule has 0 fully saturated rings. The van der Waals surface area contributed by atoms with Crippen LogP contribution >= 0.6 is 11.6 Å². The van der Waals surface area contributed by atoms with E-state index in [0.29, 0.717) is 0 Å². The van der Waals surface area contributed by atoms with E-state index in [4.69, 9.17) is 11.6 Å². The molecule has 0 saturated carbocycles. The Kier molecular flexibility index (Phi) is 2.82. The third kappa shape index (κ3) is 1.64. The summed E-state index contributed by atoms with van der Waals surface area (Å²) in [6.07, 6.45) is 2.90. The van der Waals surface area contributed by atoms with Gasteiger partial charge in [-0.3, -0.25) is 0 Å². The topological polar surface area (TPSA) is 0 Å². The maximum atomic E-state index is 13.0. The van der Waals surface area contributed by atoms with Crippen molar-refractivity contribution < 1.29 is 8.78 Å². The Morgan fingerprint density at radius 1 is 1.33 bits per heavy atom. The largest absolute Gasteiger partial charge is 0.206 e. The Bertz CT molecular complexity index is 319. The van der Waals surface area contributed by atoms with Gasteiger partial charge in [-0.25, -0.2) is 8.78 Å². The smallest absolute Gasteiger partial charge is 0.151 e. The van der Waals surface area contributed by atoms with Crippen molar-refractivity contribution in [3.63, 3.8) is 0 Å². The Morgan fingerprint density at radius 2 is 2.00 bits per heavy atom. The minimum atomic E-state index is -0.713. The highest BCUT2D eigenvalue weighted by Gasteiger charge is 2.08. The molecule has 0 atom stereocenters. The first kappa shape index (κ1) is 9.20. The Hall–Kier alpha value is -0.890. The summed E-state index contributed by atoms with van der Waals surface area (Å²) >= 11 is 5.45. The lowest BCUT2D eigenvalue weighted by atomic mass is 10.2. The Labute approximate surface area is 74.5 Å². The van der Waals surface area contributed by atoms with Gasteiger partial charge in [0.2, 0.25) is 0 Å². The quantitative estimate of drug-likeness (QED) is 0.590. The van der Waals surface area contributed by atoms with E-state index in [1.807, 2.05) is 0 Å². The lowest BCUT2D eigenvalue weighted by Gasteiger charge is -1.99. The van der Waals surface area contributed by atoms with Crippen LogP contribution in [0.4, 0.5) is 8.78 Å². The van der Waals surface area contributed by atoms with E-state index in [2.05, 4.69) is 0 Å². The van der Waals surface area contributed by atoms with E-state index >= 15 is 0 Å². The van der Waals surface area contributed by atoms with Gasteiger partial charge in [0.05, 0.1) is 5.02 Å². The molecule has 0 N–H and O–H groups in total. The number of hydrogen-bond donors (Lipinski definition) is 0. The number of rotatable bonds is 1. The summed E-state index contributed by atoms with van der Waals surface area (Å²) in [5.74, 6) is -1.32. The highest BCUT2D eigenvalue weighted by Crippen LogP contribution is 2.21. The van der Waals surface area contributed by atoms with Crippen molar-refractivity contribution in [3.05, 3.63) is 40.4 Å². The third-order valence-corrected chi connectivity index (χ3v) is 1.70. The van der Waals surface area contributed by atoms with Crippen LogP contribution in [0.1, 0.15) is 12.5 Å². The van der Waals surface area contributed by atoms with Gasteiger partial charge in [-0.15, -0.1) is 0 Å². The Balaban J connectivity index is 3.32. The molecule has 3 heteroatoms. The van der Waals surface area contributed by atoms with E-state index in [9.17, 15) is 8.78 Å². The van der Waals surface area contributed by atoms with E-state index in [1.54, 1.807) is 13.0 Å². The van der Waals surface area contributed by atoms with Gasteiger partial charge in [0.1, 0.15) is 5.82 Å². The molecule has 0 saturated heterocycles. The predicted octanol–water partition coefficient (Wildman–Crippen LogP) is 3.65. The summed E-state index contributed by atoms with van der Waals surface area (Å²) < 4.78 is 25.9. The number of allylic oxidation sites excluding steroid dienone is 1. The molecule has 0 unspecified atom stereocenters. The molecule has 0 aromatic heterocycles. The Morgan fingerprint density at radius 3 is 2.58 bits per heavy atom. The molecule has 12 heavy (non-hydrogen) atoms. The molecule has 0 heterocycles. The first-order valence-corrected chi connectivity index (χ1v) is 3.80. The van der Waals surface area contributed by atoms with E-state index in [-0.39, 0.29) is 10.6 Å². The van der Waals surface area contributed by atoms with Crippen LogP contribution in [0.25, 0.3) is 6.08 Å². The average molecular weight is 189 g/mol. The zero-order valence-electron chi connectivity index (χ0n) is 6.44. The molecule has 1 aromatic rings. The minimum absolute atomic E-state index is 0.0653. The van der Waals surface area contributed by atoms with Crippen molar-refractivity contribution in [3.8, 4) is 0 Å². The predicted molar refractivity (Wildman–Crippen MR) is 46.1 cm³/mol. The molecule has 0 spiro atoms. The van der Waals surface area contributed by atoms with Gasteiger partial charge in [0.25, 0.3) is 0 Å². The second kappa shape index (κ2) is 3.68. The van der Waals surface area contributed by atoms with Gasteiger partial charge in [-0.1, -0.05) is 23.8 Å². The van der Waals surface area contributed by atoms with Crippen LogP contribution in [0.5, 0.6) is 0 Å². The lowest BCUT2D eigenvalue weighted by Crippen LogP contribution is -1.88. The second-order valence-electron chi connectivity index (χ2n) is 2.26. The molecule has 0 aliphatic carbocycles. The van der Waals surface area contributed by atoms with Crippen LogP contribution in [0.15, 0.2) is 18.2 Å². The molecule has 0 nitrogen and oxygen atoms in total. The maximum Gasteiger partial charge on any atom is 0.151 e. The minimum Gasteiger partial charge on any atom is -0.206 e. The normalized spacial score (nSPS) is 11.0. The van der Waals surface area contributed by atoms with Crippen LogP contribution in [0, 0.1) is 11.6 Å². The number of benzene rings is 1. The number of hydrogen-bond acceptors (Lipinski definition) is 0. The van der Waals surface area contributed by atoms with Gasteiger partial charge >= 0.3 is 0 Å². The van der Waals surface area contributed by atoms with E-state index < -0.39 is 11.6 Å². The monoisotopic (exact) mass is 188 g/mol. The van der Waals surface area contributed by atoms with Crippen molar-refractivity contribution in [1.29, 1.82) is 0 Å². The molecule has 0 radical (unpaired) electrons. The van der Waals surface area contributed by atoms with Crippen molar-refractivity contribution in [2.75, 3.05) is 0 Å². The SMILES string of the molecule is C/C=C/c1c(F)ccc(Cl)c1F. The third-order valence-electron chi connectivity index (χ3n) is 1.41. The van der Waals surface area contributed by atoms with Crippen LogP contribution in [-0.4, -0.2) is 0 Å². The van der Waals surface area contributed by atoms with Crippen LogP contribution < -0.4 is 0 Å². The molecule has 1 aromatic carbocycles. The highest BCUT2D eigenvalue weighted by atomic mass is 35.5. The van der Waals surface area contributed by atoms with Gasteiger partial charge < -0.3 is 0 Å². The fraction of sp³-hybridized carbons (Fsp3) is 0.111. The fourth-order valence-corrected chi connectivity index (χ4v) is 1.03. The fourth-order valence-electron chi connectivity index (χ4n) is 0.862. The van der Waals surface area contributed by atoms with Crippen molar-refractivity contribution in [1.82, 2.24) is 0 Å². The standard InChI is InChI=1S/C9H7ClF2/c1-2-3-6-8(11)5-4-7(10)9(6)12/h2-5H,1H3/b3-2+. The summed E-state index contributed by atoms with van der Waals surface area (Å²) in [4.78, 5) is 0. The summed E-state index contributed by atoms with van der Waals surface area (Å²) in [6, 6.07) is 2.33. The lowest BCUT2D eigenvalue weighted by molar-refractivity contribution is 0.579. The van der Waals surface area contributed by atoms with E-state index in [0.717, 1.165) is 6.07 Å². The molecule has 64 valence electrons. The van der Waals surface area contributed by atoms with E-state index in [1.165, 1.54) is 12.1 Å². The summed E-state index contributed by atoms with van der Waals surface area (Å²) in [5.41, 5.74) is -0.0926. The maximum absolute atomic E-state index is 13.0. The van der Waals surface area contributed by atoms with Gasteiger partial charge in [-0.05, 0) is 19.1 Å². The highest BCUT2D eigenvalue weighted by molar-refractivity contribution is 6.30. The summed E-state index contributed by atoms with van der Waals surface area (Å²) in [6.45, 7) is 1.68. The van der Waals surface area contributed by atoms with Crippen molar-refractivity contribution >= 4 is 17.7 Å². The van der Waals surface area contributed by atoms with Gasteiger partial charge in [-0.2, -0.15) is 0 Å². The summed E-state index contributed by atoms with van der Waals surface area (Å²) in [5, 5.41) is -0.0653. The van der Waals surface area contributed by atoms with Gasteiger partial charge in [0.15, 0.2) is 5.82 Å². The van der Waals surface area contributed by atoms with Crippen LogP contribution in [0.2, 0.25) is 5.02 Å². The van der Waals surface area contributed by atoms with Crippen molar-refractivity contribution in [2.45, 2.75) is 6.92 Å². The molecule has 0 aliphatic heterocycles. The molecule has 1 rings (SSSR count). The summed E-state index contributed by atoms with van der Waals surface area (Å²) in [7, 11) is 0.